The van der Waals surface area contributed by atoms with Crippen molar-refractivity contribution in [2.24, 2.45) is 0 Å². The highest BCUT2D eigenvalue weighted by atomic mass is 16.6. The molecule has 2 N–H and O–H groups in total. The van der Waals surface area contributed by atoms with Gasteiger partial charge in [0.1, 0.15) is 0 Å². The molecule has 7 nitrogen and oxygen atoms in total. The first-order valence-electron chi connectivity index (χ1n) is 8.71. The Balaban J connectivity index is 1.53. The van der Waals surface area contributed by atoms with E-state index in [4.69, 9.17) is 0 Å². The number of non-ortho nitro benzene ring substituents is 1. The number of nitro benzene ring substituents is 1. The molecule has 0 aliphatic carbocycles. The number of hydrogen-bond donors (Lipinski definition) is 2. The molecule has 7 heteroatoms. The van der Waals surface area contributed by atoms with Crippen LogP contribution in [0.25, 0.3) is 17.2 Å². The van der Waals surface area contributed by atoms with E-state index in [1.165, 1.54) is 36.4 Å². The van der Waals surface area contributed by atoms with Gasteiger partial charge in [0, 0.05) is 23.8 Å². The molecule has 0 heterocycles. The van der Waals surface area contributed by atoms with E-state index >= 15 is 0 Å². The molecular weight excluding hydrogens is 370 g/mol. The summed E-state index contributed by atoms with van der Waals surface area (Å²) < 4.78 is 0. The van der Waals surface area contributed by atoms with Gasteiger partial charge in [0.25, 0.3) is 17.5 Å². The predicted molar refractivity (Wildman–Crippen MR) is 110 cm³/mol. The lowest BCUT2D eigenvalue weighted by Gasteiger charge is -2.06. The zero-order chi connectivity index (χ0) is 20.6. The fraction of sp³-hybridized carbons (Fsp3) is 0. The Kier molecular flexibility index (Phi) is 6.12. The summed E-state index contributed by atoms with van der Waals surface area (Å²) in [4.78, 5) is 34.1. The van der Waals surface area contributed by atoms with Crippen molar-refractivity contribution in [2.45, 2.75) is 0 Å². The fourth-order valence-electron chi connectivity index (χ4n) is 2.56. The van der Waals surface area contributed by atoms with E-state index in [0.717, 1.165) is 11.1 Å². The quantitative estimate of drug-likeness (QED) is 0.396. The highest BCUT2D eigenvalue weighted by Crippen LogP contribution is 2.19. The molecule has 0 aromatic heterocycles. The highest BCUT2D eigenvalue weighted by molar-refractivity contribution is 5.98. The molecule has 0 aliphatic rings. The Morgan fingerprint density at radius 2 is 1.41 bits per heavy atom. The molecule has 0 fully saturated rings. The number of carbonyl (C=O) groups is 2. The lowest BCUT2D eigenvalue weighted by Crippen LogP contribution is -2.40. The third-order valence-electron chi connectivity index (χ3n) is 4.08. The largest absolute Gasteiger partial charge is 0.269 e. The van der Waals surface area contributed by atoms with Crippen molar-refractivity contribution >= 4 is 23.6 Å². The minimum atomic E-state index is -0.530. The minimum Gasteiger partial charge on any atom is -0.268 e. The Labute approximate surface area is 166 Å². The molecule has 3 rings (SSSR count). The molecule has 29 heavy (non-hydrogen) atoms. The molecule has 0 spiro atoms. The second-order valence-corrected chi connectivity index (χ2v) is 6.07. The van der Waals surface area contributed by atoms with Crippen LogP contribution in [0.15, 0.2) is 84.9 Å². The number of carbonyl (C=O) groups excluding carboxylic acids is 2. The summed E-state index contributed by atoms with van der Waals surface area (Å²) in [5, 5.41) is 10.6. The minimum absolute atomic E-state index is 0.0304. The normalized spacial score (nSPS) is 10.5. The number of nitrogens with one attached hydrogen (secondary N) is 2. The molecule has 0 saturated heterocycles. The number of amides is 2. The summed E-state index contributed by atoms with van der Waals surface area (Å²) in [5.41, 5.74) is 7.66. The maximum Gasteiger partial charge on any atom is 0.269 e. The van der Waals surface area contributed by atoms with Gasteiger partial charge in [0.05, 0.1) is 4.92 Å². The van der Waals surface area contributed by atoms with Crippen LogP contribution in [0, 0.1) is 10.1 Å². The van der Waals surface area contributed by atoms with Crippen LogP contribution in [-0.4, -0.2) is 16.7 Å². The van der Waals surface area contributed by atoms with E-state index in [1.54, 1.807) is 12.1 Å². The van der Waals surface area contributed by atoms with E-state index in [0.29, 0.717) is 11.1 Å². The number of nitrogens with zero attached hydrogens (tertiary/aromatic N) is 1. The number of rotatable bonds is 5. The first kappa shape index (κ1) is 19.5. The average molecular weight is 387 g/mol. The number of nitro groups is 1. The van der Waals surface area contributed by atoms with Crippen LogP contribution in [0.2, 0.25) is 0 Å². The van der Waals surface area contributed by atoms with Crippen molar-refractivity contribution in [1.29, 1.82) is 0 Å². The maximum atomic E-state index is 12.2. The molecule has 144 valence electrons. The molecular formula is C22H17N3O4. The summed E-state index contributed by atoms with van der Waals surface area (Å²) in [7, 11) is 0. The van der Waals surface area contributed by atoms with Crippen LogP contribution in [-0.2, 0) is 4.79 Å². The summed E-state index contributed by atoms with van der Waals surface area (Å²) in [6.07, 6.45) is 2.71. The molecule has 0 aliphatic heterocycles. The number of hydrazine groups is 1. The average Bonchev–Trinajstić information content (AvgIpc) is 2.77. The smallest absolute Gasteiger partial charge is 0.268 e. The van der Waals surface area contributed by atoms with E-state index in [9.17, 15) is 19.7 Å². The molecule has 3 aromatic rings. The molecule has 0 bridgehead atoms. The van der Waals surface area contributed by atoms with Crippen molar-refractivity contribution in [3.05, 3.63) is 106 Å². The molecule has 0 radical (unpaired) electrons. The number of hydrogen-bond acceptors (Lipinski definition) is 4. The first-order valence-corrected chi connectivity index (χ1v) is 8.71. The third kappa shape index (κ3) is 5.36. The van der Waals surface area contributed by atoms with Gasteiger partial charge in [-0.2, -0.15) is 0 Å². The third-order valence-corrected chi connectivity index (χ3v) is 4.08. The van der Waals surface area contributed by atoms with Gasteiger partial charge < -0.3 is 0 Å². The van der Waals surface area contributed by atoms with Crippen molar-refractivity contribution < 1.29 is 14.5 Å². The van der Waals surface area contributed by atoms with Gasteiger partial charge in [-0.05, 0) is 47.0 Å². The van der Waals surface area contributed by atoms with Crippen LogP contribution in [0.3, 0.4) is 0 Å². The maximum absolute atomic E-state index is 12.2. The Hall–Kier alpha value is -4.26. The summed E-state index contributed by atoms with van der Waals surface area (Å²) in [6, 6.07) is 22.5. The van der Waals surface area contributed by atoms with Crippen LogP contribution >= 0.6 is 0 Å². The second kappa shape index (κ2) is 9.09. The standard InChI is InChI=1S/C22H17N3O4/c26-21(15-8-16-6-13-20(14-7-16)25(28)29)23-24-22(27)19-11-9-18(10-12-19)17-4-2-1-3-5-17/h1-15H,(H,23,26)(H,24,27)/b15-8+. The van der Waals surface area contributed by atoms with Gasteiger partial charge in [-0.25, -0.2) is 0 Å². The Morgan fingerprint density at radius 1 is 0.793 bits per heavy atom. The summed E-state index contributed by atoms with van der Waals surface area (Å²) in [6.45, 7) is 0. The van der Waals surface area contributed by atoms with Crippen LogP contribution in [0.5, 0.6) is 0 Å². The zero-order valence-corrected chi connectivity index (χ0v) is 15.2. The van der Waals surface area contributed by atoms with Crippen molar-refractivity contribution in [1.82, 2.24) is 10.9 Å². The molecule has 0 atom stereocenters. The van der Waals surface area contributed by atoms with Gasteiger partial charge in [-0.1, -0.05) is 42.5 Å². The van der Waals surface area contributed by atoms with Gasteiger partial charge >= 0.3 is 0 Å². The van der Waals surface area contributed by atoms with Crippen LogP contribution < -0.4 is 10.9 Å². The molecule has 3 aromatic carbocycles. The van der Waals surface area contributed by atoms with Gasteiger partial charge in [-0.3, -0.25) is 30.6 Å². The summed E-state index contributed by atoms with van der Waals surface area (Å²) in [5.74, 6) is -0.973. The van der Waals surface area contributed by atoms with Gasteiger partial charge in [-0.15, -0.1) is 0 Å². The van der Waals surface area contributed by atoms with E-state index in [2.05, 4.69) is 10.9 Å². The number of benzene rings is 3. The van der Waals surface area contributed by atoms with Crippen molar-refractivity contribution in [3.8, 4) is 11.1 Å². The Bertz CT molecular complexity index is 1040. The Morgan fingerprint density at radius 3 is 2.03 bits per heavy atom. The van der Waals surface area contributed by atoms with Gasteiger partial charge in [0.2, 0.25) is 0 Å². The van der Waals surface area contributed by atoms with E-state index in [-0.39, 0.29) is 5.69 Å². The van der Waals surface area contributed by atoms with Crippen molar-refractivity contribution in [2.75, 3.05) is 0 Å². The lowest BCUT2D eigenvalue weighted by atomic mass is 10.0. The molecule has 0 saturated carbocycles. The van der Waals surface area contributed by atoms with Gasteiger partial charge in [0.15, 0.2) is 0 Å². The van der Waals surface area contributed by atoms with Crippen LogP contribution in [0.4, 0.5) is 5.69 Å². The molecule has 0 unspecified atom stereocenters. The SMILES string of the molecule is O=C(/C=C/c1ccc([N+](=O)[O-])cc1)NNC(=O)c1ccc(-c2ccccc2)cc1. The topological polar surface area (TPSA) is 101 Å². The highest BCUT2D eigenvalue weighted by Gasteiger charge is 2.07. The summed E-state index contributed by atoms with van der Waals surface area (Å²) >= 11 is 0. The second-order valence-electron chi connectivity index (χ2n) is 6.07. The first-order chi connectivity index (χ1) is 14.0. The molecule has 2 amide bonds. The zero-order valence-electron chi connectivity index (χ0n) is 15.2. The van der Waals surface area contributed by atoms with Crippen molar-refractivity contribution in [3.63, 3.8) is 0 Å². The van der Waals surface area contributed by atoms with E-state index in [1.807, 2.05) is 42.5 Å². The van der Waals surface area contributed by atoms with E-state index < -0.39 is 16.7 Å². The monoisotopic (exact) mass is 387 g/mol. The predicted octanol–water partition coefficient (Wildman–Crippen LogP) is 3.74. The van der Waals surface area contributed by atoms with Crippen LogP contribution in [0.1, 0.15) is 15.9 Å². The fourth-order valence-corrected chi connectivity index (χ4v) is 2.56. The lowest BCUT2D eigenvalue weighted by molar-refractivity contribution is -0.384.